The number of carbonyl (C=O) groups excluding carboxylic acids is 3. The number of carboxylic acid groups (broad SMARTS) is 1. The van der Waals surface area contributed by atoms with Crippen LogP contribution in [0.3, 0.4) is 0 Å². The number of urea groups is 1. The monoisotopic (exact) mass is 419 g/mol. The van der Waals surface area contributed by atoms with Crippen LogP contribution in [0.15, 0.2) is 48.5 Å². The first-order valence-electron chi connectivity index (χ1n) is 10.3. The smallest absolute Gasteiger partial charge is 0.332 e. The predicted octanol–water partition coefficient (Wildman–Crippen LogP) is 2.27. The van der Waals surface area contributed by atoms with Gasteiger partial charge in [0.15, 0.2) is 0 Å². The van der Waals surface area contributed by atoms with Crippen LogP contribution in [0.2, 0.25) is 0 Å². The van der Waals surface area contributed by atoms with Crippen LogP contribution in [0.5, 0.6) is 0 Å². The first-order chi connectivity index (χ1) is 15.0. The standard InChI is InChI=1S/C23H21N3O5/c27-20(24-11-3-6-18(24)22(29)30)14-7-9-17(10-8-14)26-21(28)19-12-15-4-1-2-5-16(15)13-25(19)23(26)31/h1-2,4-5,7-10,18-19H,3,6,11-13H2,(H,29,30). The summed E-state index contributed by atoms with van der Waals surface area (Å²) >= 11 is 0. The Morgan fingerprint density at radius 1 is 0.968 bits per heavy atom. The number of aliphatic carboxylic acids is 1. The highest BCUT2D eigenvalue weighted by atomic mass is 16.4. The fourth-order valence-electron chi connectivity index (χ4n) is 4.74. The van der Waals surface area contributed by atoms with E-state index in [1.54, 1.807) is 29.2 Å². The predicted molar refractivity (Wildman–Crippen MR) is 110 cm³/mol. The number of benzene rings is 2. The largest absolute Gasteiger partial charge is 0.480 e. The van der Waals surface area contributed by atoms with E-state index in [9.17, 15) is 24.3 Å². The van der Waals surface area contributed by atoms with Crippen molar-refractivity contribution in [3.8, 4) is 0 Å². The summed E-state index contributed by atoms with van der Waals surface area (Å²) in [4.78, 5) is 54.3. The quantitative estimate of drug-likeness (QED) is 0.770. The molecule has 158 valence electrons. The zero-order valence-electron chi connectivity index (χ0n) is 16.7. The second kappa shape index (κ2) is 7.23. The zero-order valence-corrected chi connectivity index (χ0v) is 16.7. The van der Waals surface area contributed by atoms with Gasteiger partial charge < -0.3 is 14.9 Å². The van der Waals surface area contributed by atoms with Crippen molar-refractivity contribution in [1.82, 2.24) is 9.80 Å². The van der Waals surface area contributed by atoms with E-state index >= 15 is 0 Å². The third-order valence-electron chi connectivity index (χ3n) is 6.36. The topological polar surface area (TPSA) is 98.2 Å². The van der Waals surface area contributed by atoms with Crippen LogP contribution in [0.25, 0.3) is 0 Å². The molecule has 31 heavy (non-hydrogen) atoms. The van der Waals surface area contributed by atoms with E-state index in [0.29, 0.717) is 43.6 Å². The Balaban J connectivity index is 1.37. The van der Waals surface area contributed by atoms with E-state index < -0.39 is 18.1 Å². The van der Waals surface area contributed by atoms with Crippen molar-refractivity contribution >= 4 is 29.5 Å². The minimum absolute atomic E-state index is 0.274. The van der Waals surface area contributed by atoms with Gasteiger partial charge in [-0.2, -0.15) is 0 Å². The number of carbonyl (C=O) groups is 4. The Labute approximate surface area is 178 Å². The van der Waals surface area contributed by atoms with Gasteiger partial charge in [-0.15, -0.1) is 0 Å². The summed E-state index contributed by atoms with van der Waals surface area (Å²) in [5.74, 6) is -1.64. The van der Waals surface area contributed by atoms with E-state index in [4.69, 9.17) is 0 Å². The molecule has 0 aromatic heterocycles. The second-order valence-corrected chi connectivity index (χ2v) is 8.11. The molecular weight excluding hydrogens is 398 g/mol. The summed E-state index contributed by atoms with van der Waals surface area (Å²) in [6.45, 7) is 0.794. The van der Waals surface area contributed by atoms with E-state index in [0.717, 1.165) is 11.1 Å². The maximum absolute atomic E-state index is 13.0. The molecule has 2 aromatic carbocycles. The Hall–Kier alpha value is -3.68. The molecule has 2 atom stereocenters. The minimum Gasteiger partial charge on any atom is -0.480 e. The summed E-state index contributed by atoms with van der Waals surface area (Å²) in [5.41, 5.74) is 2.86. The van der Waals surface area contributed by atoms with Gasteiger partial charge in [-0.3, -0.25) is 9.59 Å². The minimum atomic E-state index is -1.01. The molecule has 0 aliphatic carbocycles. The van der Waals surface area contributed by atoms with Crippen LogP contribution in [0.4, 0.5) is 10.5 Å². The lowest BCUT2D eigenvalue weighted by molar-refractivity contribution is -0.141. The molecule has 2 saturated heterocycles. The number of rotatable bonds is 3. The fraction of sp³-hybridized carbons (Fsp3) is 0.304. The first kappa shape index (κ1) is 19.3. The Morgan fingerprint density at radius 3 is 2.39 bits per heavy atom. The molecule has 2 fully saturated rings. The number of imide groups is 1. The van der Waals surface area contributed by atoms with Gasteiger partial charge in [0.2, 0.25) is 0 Å². The molecule has 5 rings (SSSR count). The van der Waals surface area contributed by atoms with Gasteiger partial charge in [0.1, 0.15) is 12.1 Å². The summed E-state index contributed by atoms with van der Waals surface area (Å²) in [7, 11) is 0. The highest BCUT2D eigenvalue weighted by molar-refractivity contribution is 6.21. The highest BCUT2D eigenvalue weighted by Crippen LogP contribution is 2.33. The van der Waals surface area contributed by atoms with Gasteiger partial charge in [-0.1, -0.05) is 24.3 Å². The van der Waals surface area contributed by atoms with E-state index in [1.165, 1.54) is 9.80 Å². The molecule has 1 N–H and O–H groups in total. The molecule has 0 spiro atoms. The van der Waals surface area contributed by atoms with E-state index in [2.05, 4.69) is 0 Å². The Morgan fingerprint density at radius 2 is 1.68 bits per heavy atom. The number of amides is 4. The maximum atomic E-state index is 13.0. The van der Waals surface area contributed by atoms with Crippen LogP contribution < -0.4 is 4.90 Å². The van der Waals surface area contributed by atoms with E-state index in [1.807, 2.05) is 24.3 Å². The number of hydrogen-bond donors (Lipinski definition) is 1. The molecule has 8 heteroatoms. The van der Waals surface area contributed by atoms with Gasteiger partial charge in [0.05, 0.1) is 5.69 Å². The van der Waals surface area contributed by atoms with Crippen molar-refractivity contribution in [2.45, 2.75) is 37.9 Å². The summed E-state index contributed by atoms with van der Waals surface area (Å²) in [5, 5.41) is 9.31. The molecular formula is C23H21N3O5. The molecule has 3 heterocycles. The molecule has 2 unspecified atom stereocenters. The summed E-state index contributed by atoms with van der Waals surface area (Å²) < 4.78 is 0. The number of likely N-dealkylation sites (tertiary alicyclic amines) is 1. The zero-order chi connectivity index (χ0) is 21.7. The summed E-state index contributed by atoms with van der Waals surface area (Å²) in [6, 6.07) is 12.3. The van der Waals surface area contributed by atoms with Gasteiger partial charge in [0, 0.05) is 25.1 Å². The average molecular weight is 419 g/mol. The third-order valence-corrected chi connectivity index (χ3v) is 6.36. The highest BCUT2D eigenvalue weighted by Gasteiger charge is 2.47. The van der Waals surface area contributed by atoms with Gasteiger partial charge in [-0.05, 0) is 48.2 Å². The molecule has 2 aromatic rings. The Kier molecular flexibility index (Phi) is 4.50. The van der Waals surface area contributed by atoms with Crippen molar-refractivity contribution in [2.75, 3.05) is 11.4 Å². The van der Waals surface area contributed by atoms with Crippen LogP contribution in [0, 0.1) is 0 Å². The molecule has 8 nitrogen and oxygen atoms in total. The average Bonchev–Trinajstić information content (AvgIpc) is 3.36. The number of anilines is 1. The number of carboxylic acids is 1. The van der Waals surface area contributed by atoms with Crippen molar-refractivity contribution in [3.05, 3.63) is 65.2 Å². The second-order valence-electron chi connectivity index (χ2n) is 8.11. The van der Waals surface area contributed by atoms with E-state index in [-0.39, 0.29) is 17.8 Å². The van der Waals surface area contributed by atoms with Crippen molar-refractivity contribution in [1.29, 1.82) is 0 Å². The molecule has 3 aliphatic heterocycles. The maximum Gasteiger partial charge on any atom is 0.332 e. The Bertz CT molecular complexity index is 1050. The normalized spacial score (nSPS) is 22.5. The van der Waals surface area contributed by atoms with Crippen LogP contribution >= 0.6 is 0 Å². The van der Waals surface area contributed by atoms with Crippen molar-refractivity contribution in [3.63, 3.8) is 0 Å². The number of hydrogen-bond acceptors (Lipinski definition) is 4. The third kappa shape index (κ3) is 3.06. The number of fused-ring (bicyclic) bond motifs is 2. The molecule has 0 saturated carbocycles. The van der Waals surface area contributed by atoms with Gasteiger partial charge in [-0.25, -0.2) is 14.5 Å². The van der Waals surface area contributed by atoms with Crippen LogP contribution in [0.1, 0.15) is 34.3 Å². The molecule has 4 amide bonds. The lowest BCUT2D eigenvalue weighted by Crippen LogP contribution is -2.40. The molecule has 0 radical (unpaired) electrons. The fourth-order valence-corrected chi connectivity index (χ4v) is 4.74. The van der Waals surface area contributed by atoms with Crippen LogP contribution in [-0.4, -0.2) is 57.3 Å². The lowest BCUT2D eigenvalue weighted by Gasteiger charge is -2.28. The lowest BCUT2D eigenvalue weighted by atomic mass is 9.95. The summed E-state index contributed by atoms with van der Waals surface area (Å²) in [6.07, 6.45) is 1.58. The number of nitrogens with zero attached hydrogens (tertiary/aromatic N) is 3. The van der Waals surface area contributed by atoms with Gasteiger partial charge in [0.25, 0.3) is 11.8 Å². The van der Waals surface area contributed by atoms with Crippen LogP contribution in [-0.2, 0) is 22.6 Å². The van der Waals surface area contributed by atoms with Gasteiger partial charge >= 0.3 is 12.0 Å². The van der Waals surface area contributed by atoms with Crippen molar-refractivity contribution in [2.24, 2.45) is 0 Å². The van der Waals surface area contributed by atoms with Crippen molar-refractivity contribution < 1.29 is 24.3 Å². The first-order valence-corrected chi connectivity index (χ1v) is 10.3. The SMILES string of the molecule is O=C(O)C1CCCN1C(=O)c1ccc(N2C(=O)C3Cc4ccccc4CN3C2=O)cc1. The molecule has 0 bridgehead atoms. The molecule has 3 aliphatic rings.